The lowest BCUT2D eigenvalue weighted by Gasteiger charge is -2.17. The molecule has 1 rings (SSSR count). The number of halogens is 1. The summed E-state index contributed by atoms with van der Waals surface area (Å²) in [5.41, 5.74) is 0.906. The number of rotatable bonds is 7. The Morgan fingerprint density at radius 1 is 1.47 bits per heavy atom. The van der Waals surface area contributed by atoms with E-state index in [4.69, 9.17) is 9.47 Å². The van der Waals surface area contributed by atoms with E-state index in [0.717, 1.165) is 10.2 Å². The van der Waals surface area contributed by atoms with E-state index in [1.165, 1.54) is 0 Å². The maximum atomic E-state index is 5.72. The SMILES string of the molecule is C=CCO[C@@H](C)CO[C@@H](C)c1ncccc1Br. The maximum Gasteiger partial charge on any atom is 0.0979 e. The van der Waals surface area contributed by atoms with Gasteiger partial charge in [-0.3, -0.25) is 4.98 Å². The fourth-order valence-electron chi connectivity index (χ4n) is 1.34. The Hall–Kier alpha value is -0.710. The average molecular weight is 300 g/mol. The van der Waals surface area contributed by atoms with Crippen molar-refractivity contribution in [3.8, 4) is 0 Å². The topological polar surface area (TPSA) is 31.4 Å². The summed E-state index contributed by atoms with van der Waals surface area (Å²) in [5, 5.41) is 0. The van der Waals surface area contributed by atoms with E-state index < -0.39 is 0 Å². The fourth-order valence-corrected chi connectivity index (χ4v) is 1.91. The Bertz CT molecular complexity index is 357. The Balaban J connectivity index is 2.42. The zero-order valence-electron chi connectivity index (χ0n) is 10.2. The van der Waals surface area contributed by atoms with Gasteiger partial charge in [0.1, 0.15) is 0 Å². The predicted octanol–water partition coefficient (Wildman–Crippen LogP) is 3.51. The van der Waals surface area contributed by atoms with Crippen molar-refractivity contribution < 1.29 is 9.47 Å². The molecule has 0 aliphatic heterocycles. The molecule has 0 bridgehead atoms. The molecule has 1 aromatic heterocycles. The summed E-state index contributed by atoms with van der Waals surface area (Å²) in [6, 6.07) is 3.84. The first-order chi connectivity index (χ1) is 8.15. The predicted molar refractivity (Wildman–Crippen MR) is 71.9 cm³/mol. The van der Waals surface area contributed by atoms with Crippen molar-refractivity contribution in [3.63, 3.8) is 0 Å². The molecule has 0 unspecified atom stereocenters. The van der Waals surface area contributed by atoms with E-state index >= 15 is 0 Å². The highest BCUT2D eigenvalue weighted by Crippen LogP contribution is 2.23. The van der Waals surface area contributed by atoms with Crippen LogP contribution >= 0.6 is 15.9 Å². The zero-order valence-corrected chi connectivity index (χ0v) is 11.8. The van der Waals surface area contributed by atoms with Crippen LogP contribution in [-0.4, -0.2) is 24.3 Å². The van der Waals surface area contributed by atoms with Gasteiger partial charge < -0.3 is 9.47 Å². The lowest BCUT2D eigenvalue weighted by atomic mass is 10.2. The van der Waals surface area contributed by atoms with E-state index in [1.807, 2.05) is 26.0 Å². The molecular formula is C13H18BrNO2. The third kappa shape index (κ3) is 4.98. The van der Waals surface area contributed by atoms with E-state index in [9.17, 15) is 0 Å². The van der Waals surface area contributed by atoms with E-state index in [-0.39, 0.29) is 12.2 Å². The normalized spacial score (nSPS) is 14.3. The molecule has 0 aliphatic carbocycles. The Kier molecular flexibility index (Phi) is 6.40. The number of nitrogens with zero attached hydrogens (tertiary/aromatic N) is 1. The molecule has 1 heterocycles. The zero-order chi connectivity index (χ0) is 12.7. The van der Waals surface area contributed by atoms with Gasteiger partial charge in [0.05, 0.1) is 31.1 Å². The van der Waals surface area contributed by atoms with Crippen molar-refractivity contribution in [1.29, 1.82) is 0 Å². The van der Waals surface area contributed by atoms with Gasteiger partial charge in [-0.2, -0.15) is 0 Å². The van der Waals surface area contributed by atoms with Crippen LogP contribution in [-0.2, 0) is 9.47 Å². The van der Waals surface area contributed by atoms with Gasteiger partial charge in [0.15, 0.2) is 0 Å². The quantitative estimate of drug-likeness (QED) is 0.722. The van der Waals surface area contributed by atoms with Gasteiger partial charge in [-0.15, -0.1) is 6.58 Å². The van der Waals surface area contributed by atoms with Gasteiger partial charge in [0.25, 0.3) is 0 Å². The van der Waals surface area contributed by atoms with Gasteiger partial charge >= 0.3 is 0 Å². The summed E-state index contributed by atoms with van der Waals surface area (Å²) >= 11 is 3.46. The maximum absolute atomic E-state index is 5.72. The molecule has 0 saturated heterocycles. The molecule has 4 heteroatoms. The molecular weight excluding hydrogens is 282 g/mol. The van der Waals surface area contributed by atoms with Crippen LogP contribution in [0.4, 0.5) is 0 Å². The van der Waals surface area contributed by atoms with Gasteiger partial charge in [-0.05, 0) is 41.9 Å². The molecule has 0 spiro atoms. The lowest BCUT2D eigenvalue weighted by molar-refractivity contribution is -0.0256. The molecule has 0 fully saturated rings. The second-order valence-electron chi connectivity index (χ2n) is 3.78. The second-order valence-corrected chi connectivity index (χ2v) is 4.63. The number of ether oxygens (including phenoxy) is 2. The highest BCUT2D eigenvalue weighted by atomic mass is 79.9. The summed E-state index contributed by atoms with van der Waals surface area (Å²) in [4.78, 5) is 4.29. The van der Waals surface area contributed by atoms with E-state index in [0.29, 0.717) is 13.2 Å². The van der Waals surface area contributed by atoms with Crippen molar-refractivity contribution in [2.24, 2.45) is 0 Å². The molecule has 0 aromatic carbocycles. The monoisotopic (exact) mass is 299 g/mol. The van der Waals surface area contributed by atoms with Crippen LogP contribution in [0.15, 0.2) is 35.5 Å². The third-order valence-electron chi connectivity index (χ3n) is 2.25. The van der Waals surface area contributed by atoms with Crippen molar-refractivity contribution in [2.75, 3.05) is 13.2 Å². The first-order valence-corrected chi connectivity index (χ1v) is 6.39. The van der Waals surface area contributed by atoms with Crippen LogP contribution in [0.5, 0.6) is 0 Å². The molecule has 0 aliphatic rings. The largest absolute Gasteiger partial charge is 0.372 e. The van der Waals surface area contributed by atoms with Gasteiger partial charge in [-0.25, -0.2) is 0 Å². The van der Waals surface area contributed by atoms with Crippen LogP contribution in [0, 0.1) is 0 Å². The Morgan fingerprint density at radius 2 is 2.24 bits per heavy atom. The molecule has 2 atom stereocenters. The smallest absolute Gasteiger partial charge is 0.0979 e. The van der Waals surface area contributed by atoms with Crippen LogP contribution < -0.4 is 0 Å². The molecule has 17 heavy (non-hydrogen) atoms. The van der Waals surface area contributed by atoms with Crippen LogP contribution in [0.1, 0.15) is 25.6 Å². The number of pyridine rings is 1. The fraction of sp³-hybridized carbons (Fsp3) is 0.462. The molecule has 0 N–H and O–H groups in total. The Labute approximate surface area is 111 Å². The van der Waals surface area contributed by atoms with Crippen molar-refractivity contribution in [3.05, 3.63) is 41.2 Å². The summed E-state index contributed by atoms with van der Waals surface area (Å²) in [6.45, 7) is 8.65. The van der Waals surface area contributed by atoms with E-state index in [2.05, 4.69) is 27.5 Å². The Morgan fingerprint density at radius 3 is 2.88 bits per heavy atom. The summed E-state index contributed by atoms with van der Waals surface area (Å²) in [7, 11) is 0. The first kappa shape index (κ1) is 14.4. The van der Waals surface area contributed by atoms with Crippen molar-refractivity contribution in [1.82, 2.24) is 4.98 Å². The molecule has 3 nitrogen and oxygen atoms in total. The van der Waals surface area contributed by atoms with Crippen LogP contribution in [0.3, 0.4) is 0 Å². The molecule has 0 saturated carbocycles. The summed E-state index contributed by atoms with van der Waals surface area (Å²) in [6.07, 6.45) is 3.49. The van der Waals surface area contributed by atoms with Gasteiger partial charge in [0.2, 0.25) is 0 Å². The van der Waals surface area contributed by atoms with Crippen molar-refractivity contribution >= 4 is 15.9 Å². The lowest BCUT2D eigenvalue weighted by Crippen LogP contribution is -2.18. The minimum Gasteiger partial charge on any atom is -0.372 e. The van der Waals surface area contributed by atoms with Crippen LogP contribution in [0.2, 0.25) is 0 Å². The standard InChI is InChI=1S/C13H18BrNO2/c1-4-8-16-10(2)9-17-11(3)13-12(14)6-5-7-15-13/h4-7,10-11H,1,8-9H2,2-3H3/t10-,11-/m0/s1. The van der Waals surface area contributed by atoms with Gasteiger partial charge in [0, 0.05) is 10.7 Å². The van der Waals surface area contributed by atoms with E-state index in [1.54, 1.807) is 12.3 Å². The highest BCUT2D eigenvalue weighted by molar-refractivity contribution is 9.10. The first-order valence-electron chi connectivity index (χ1n) is 5.59. The minimum absolute atomic E-state index is 0.0536. The molecule has 0 amide bonds. The average Bonchev–Trinajstić information content (AvgIpc) is 2.34. The number of aromatic nitrogens is 1. The van der Waals surface area contributed by atoms with Gasteiger partial charge in [-0.1, -0.05) is 6.08 Å². The minimum atomic E-state index is -0.0552. The number of hydrogen-bond donors (Lipinski definition) is 0. The third-order valence-corrected chi connectivity index (χ3v) is 2.92. The summed E-state index contributed by atoms with van der Waals surface area (Å²) < 4.78 is 12.1. The van der Waals surface area contributed by atoms with Crippen molar-refractivity contribution in [2.45, 2.75) is 26.1 Å². The highest BCUT2D eigenvalue weighted by Gasteiger charge is 2.12. The molecule has 0 radical (unpaired) electrons. The molecule has 94 valence electrons. The number of hydrogen-bond acceptors (Lipinski definition) is 3. The summed E-state index contributed by atoms with van der Waals surface area (Å²) in [5.74, 6) is 0. The van der Waals surface area contributed by atoms with Crippen LogP contribution in [0.25, 0.3) is 0 Å². The second kappa shape index (κ2) is 7.58. The molecule has 1 aromatic rings.